The fourth-order valence-corrected chi connectivity index (χ4v) is 1.86. The van der Waals surface area contributed by atoms with Gasteiger partial charge in [0.2, 0.25) is 0 Å². The Kier molecular flexibility index (Phi) is 1.92. The van der Waals surface area contributed by atoms with Crippen molar-refractivity contribution in [2.24, 2.45) is 7.05 Å². The summed E-state index contributed by atoms with van der Waals surface area (Å²) in [5, 5.41) is 5.23. The maximum absolute atomic E-state index is 10.6. The van der Waals surface area contributed by atoms with Crippen molar-refractivity contribution >= 4 is 33.1 Å². The second-order valence-corrected chi connectivity index (χ2v) is 3.71. The number of carbonyl (C=O) groups excluding carboxylic acids is 1. The van der Waals surface area contributed by atoms with Crippen molar-refractivity contribution in [3.63, 3.8) is 0 Å². The molecule has 4 heteroatoms. The van der Waals surface area contributed by atoms with Crippen LogP contribution in [0.25, 0.3) is 10.9 Å². The second kappa shape index (κ2) is 2.96. The smallest absolute Gasteiger partial charge is 0.150 e. The largest absolute Gasteiger partial charge is 0.298 e. The first-order valence-corrected chi connectivity index (χ1v) is 4.58. The van der Waals surface area contributed by atoms with Gasteiger partial charge in [-0.15, -0.1) is 0 Å². The van der Waals surface area contributed by atoms with Crippen LogP contribution in [-0.2, 0) is 7.05 Å². The predicted octanol–water partition coefficient (Wildman–Crippen LogP) is 2.15. The van der Waals surface area contributed by atoms with E-state index in [-0.39, 0.29) is 0 Å². The first-order chi connectivity index (χ1) is 6.20. The third-order valence-corrected chi connectivity index (χ3v) is 2.50. The number of hydrogen-bond acceptors (Lipinski definition) is 2. The molecule has 0 amide bonds. The molecule has 0 saturated heterocycles. The van der Waals surface area contributed by atoms with E-state index in [0.29, 0.717) is 5.56 Å². The van der Waals surface area contributed by atoms with E-state index in [4.69, 9.17) is 0 Å². The highest BCUT2D eigenvalue weighted by atomic mass is 79.9. The number of aldehydes is 1. The highest BCUT2D eigenvalue weighted by Crippen LogP contribution is 2.23. The molecule has 1 heterocycles. The first kappa shape index (κ1) is 8.44. The average Bonchev–Trinajstić information content (AvgIpc) is 2.46. The van der Waals surface area contributed by atoms with Crippen LogP contribution in [0, 0.1) is 0 Å². The molecule has 0 bridgehead atoms. The quantitative estimate of drug-likeness (QED) is 0.714. The van der Waals surface area contributed by atoms with E-state index in [1.165, 1.54) is 0 Å². The molecular formula is C9H7BrN2O. The number of carbonyl (C=O) groups is 1. The van der Waals surface area contributed by atoms with Gasteiger partial charge < -0.3 is 0 Å². The number of aryl methyl sites for hydroxylation is 1. The topological polar surface area (TPSA) is 34.9 Å². The maximum Gasteiger partial charge on any atom is 0.150 e. The summed E-state index contributed by atoms with van der Waals surface area (Å²) in [6.07, 6.45) is 2.73. The fourth-order valence-electron chi connectivity index (χ4n) is 1.29. The van der Waals surface area contributed by atoms with Gasteiger partial charge in [0.05, 0.1) is 5.52 Å². The van der Waals surface area contributed by atoms with Crippen LogP contribution in [0.2, 0.25) is 0 Å². The van der Waals surface area contributed by atoms with Gasteiger partial charge >= 0.3 is 0 Å². The molecule has 0 spiro atoms. The lowest BCUT2D eigenvalue weighted by atomic mass is 10.2. The monoisotopic (exact) mass is 238 g/mol. The number of fused-ring (bicyclic) bond motifs is 1. The van der Waals surface area contributed by atoms with Crippen LogP contribution < -0.4 is 0 Å². The van der Waals surface area contributed by atoms with Gasteiger partial charge in [0.15, 0.2) is 0 Å². The van der Waals surface area contributed by atoms with Crippen LogP contribution >= 0.6 is 15.9 Å². The number of halogens is 1. The molecule has 13 heavy (non-hydrogen) atoms. The molecular weight excluding hydrogens is 232 g/mol. The molecule has 0 radical (unpaired) electrons. The van der Waals surface area contributed by atoms with Gasteiger partial charge in [0, 0.05) is 28.7 Å². The molecule has 0 fully saturated rings. The normalized spacial score (nSPS) is 10.6. The van der Waals surface area contributed by atoms with Gasteiger partial charge in [0.25, 0.3) is 0 Å². The van der Waals surface area contributed by atoms with Gasteiger partial charge in [-0.05, 0) is 12.1 Å². The molecule has 3 nitrogen and oxygen atoms in total. The summed E-state index contributed by atoms with van der Waals surface area (Å²) in [5.41, 5.74) is 1.47. The van der Waals surface area contributed by atoms with Gasteiger partial charge in [-0.1, -0.05) is 15.9 Å². The Morgan fingerprint density at radius 3 is 3.00 bits per heavy atom. The minimum absolute atomic E-state index is 0.637. The molecule has 0 saturated carbocycles. The third-order valence-electron chi connectivity index (χ3n) is 1.85. The zero-order valence-electron chi connectivity index (χ0n) is 6.99. The lowest BCUT2D eigenvalue weighted by Crippen LogP contribution is -1.85. The Hall–Kier alpha value is -1.16. The van der Waals surface area contributed by atoms with Crippen molar-refractivity contribution < 1.29 is 4.79 Å². The highest BCUT2D eigenvalue weighted by Gasteiger charge is 2.04. The third kappa shape index (κ3) is 1.37. The van der Waals surface area contributed by atoms with Crippen LogP contribution in [0.4, 0.5) is 0 Å². The van der Waals surface area contributed by atoms with Crippen LogP contribution in [0.5, 0.6) is 0 Å². The molecule has 0 aliphatic heterocycles. The standard InChI is InChI=1S/C9H7BrN2O/c1-12-4-7-8(10)2-6(5-13)3-9(7)11-12/h2-5H,1H3. The van der Waals surface area contributed by atoms with Crippen molar-refractivity contribution in [3.05, 3.63) is 28.4 Å². The molecule has 1 aromatic carbocycles. The molecule has 66 valence electrons. The van der Waals surface area contributed by atoms with Gasteiger partial charge in [-0.2, -0.15) is 5.10 Å². The summed E-state index contributed by atoms with van der Waals surface area (Å²) in [5.74, 6) is 0. The number of rotatable bonds is 1. The zero-order chi connectivity index (χ0) is 9.42. The van der Waals surface area contributed by atoms with E-state index in [0.717, 1.165) is 21.7 Å². The minimum Gasteiger partial charge on any atom is -0.298 e. The van der Waals surface area contributed by atoms with Crippen LogP contribution in [0.15, 0.2) is 22.8 Å². The number of nitrogens with zero attached hydrogens (tertiary/aromatic N) is 2. The fraction of sp³-hybridized carbons (Fsp3) is 0.111. The van der Waals surface area contributed by atoms with Gasteiger partial charge in [0.1, 0.15) is 6.29 Å². The van der Waals surface area contributed by atoms with Crippen molar-refractivity contribution in [1.82, 2.24) is 9.78 Å². The summed E-state index contributed by atoms with van der Waals surface area (Å²) >= 11 is 3.39. The molecule has 2 rings (SSSR count). The Balaban J connectivity index is 2.82. The molecule has 0 unspecified atom stereocenters. The Morgan fingerprint density at radius 1 is 1.54 bits per heavy atom. The van der Waals surface area contributed by atoms with E-state index in [1.54, 1.807) is 16.8 Å². The highest BCUT2D eigenvalue weighted by molar-refractivity contribution is 9.10. The first-order valence-electron chi connectivity index (χ1n) is 3.79. The van der Waals surface area contributed by atoms with Crippen LogP contribution in [0.1, 0.15) is 10.4 Å². The van der Waals surface area contributed by atoms with Crippen molar-refractivity contribution in [3.8, 4) is 0 Å². The summed E-state index contributed by atoms with van der Waals surface area (Å²) in [7, 11) is 1.85. The minimum atomic E-state index is 0.637. The number of benzene rings is 1. The van der Waals surface area contributed by atoms with E-state index in [2.05, 4.69) is 21.0 Å². The molecule has 0 N–H and O–H groups in total. The molecule has 0 aliphatic carbocycles. The lowest BCUT2D eigenvalue weighted by Gasteiger charge is -1.93. The average molecular weight is 239 g/mol. The Bertz CT molecular complexity index is 476. The zero-order valence-corrected chi connectivity index (χ0v) is 8.58. The van der Waals surface area contributed by atoms with Gasteiger partial charge in [-0.3, -0.25) is 9.48 Å². The van der Waals surface area contributed by atoms with Crippen molar-refractivity contribution in [1.29, 1.82) is 0 Å². The predicted molar refractivity (Wildman–Crippen MR) is 53.8 cm³/mol. The maximum atomic E-state index is 10.6. The summed E-state index contributed by atoms with van der Waals surface area (Å²) in [6, 6.07) is 3.56. The second-order valence-electron chi connectivity index (χ2n) is 2.86. The summed E-state index contributed by atoms with van der Waals surface area (Å²) in [6.45, 7) is 0. The van der Waals surface area contributed by atoms with E-state index in [1.807, 2.05) is 13.2 Å². The summed E-state index contributed by atoms with van der Waals surface area (Å²) < 4.78 is 2.63. The lowest BCUT2D eigenvalue weighted by molar-refractivity contribution is 0.112. The summed E-state index contributed by atoms with van der Waals surface area (Å²) in [4.78, 5) is 10.6. The van der Waals surface area contributed by atoms with Gasteiger partial charge in [-0.25, -0.2) is 0 Å². The van der Waals surface area contributed by atoms with E-state index >= 15 is 0 Å². The molecule has 1 aromatic heterocycles. The number of hydrogen-bond donors (Lipinski definition) is 0. The van der Waals surface area contributed by atoms with Crippen LogP contribution in [0.3, 0.4) is 0 Å². The van der Waals surface area contributed by atoms with Crippen molar-refractivity contribution in [2.75, 3.05) is 0 Å². The molecule has 0 aliphatic rings. The number of aromatic nitrogens is 2. The SMILES string of the molecule is Cn1cc2c(Br)cc(C=O)cc2n1. The molecule has 0 atom stereocenters. The van der Waals surface area contributed by atoms with Crippen molar-refractivity contribution in [2.45, 2.75) is 0 Å². The van der Waals surface area contributed by atoms with E-state index < -0.39 is 0 Å². The van der Waals surface area contributed by atoms with Crippen LogP contribution in [-0.4, -0.2) is 16.1 Å². The Labute approximate surface area is 83.5 Å². The van der Waals surface area contributed by atoms with E-state index in [9.17, 15) is 4.79 Å². The Morgan fingerprint density at radius 2 is 2.31 bits per heavy atom. The molecule has 2 aromatic rings.